The average Bonchev–Trinajstić information content (AvgIpc) is 2.56. The lowest BCUT2D eigenvalue weighted by Crippen LogP contribution is -2.54. The molecule has 1 aromatic rings. The largest absolute Gasteiger partial charge is 0.369 e. The van der Waals surface area contributed by atoms with Crippen LogP contribution in [0.1, 0.15) is 32.1 Å². The molecule has 1 saturated carbocycles. The van der Waals surface area contributed by atoms with Gasteiger partial charge in [-0.15, -0.1) is 11.8 Å². The van der Waals surface area contributed by atoms with Gasteiger partial charge in [-0.2, -0.15) is 0 Å². The summed E-state index contributed by atoms with van der Waals surface area (Å²) in [5, 5.41) is 3.77. The Kier molecular flexibility index (Phi) is 4.90. The van der Waals surface area contributed by atoms with E-state index in [1.54, 1.807) is 0 Å². The van der Waals surface area contributed by atoms with Crippen LogP contribution in [-0.4, -0.2) is 31.9 Å². The smallest absolute Gasteiger partial charge is 0.0378 e. The second-order valence-corrected chi connectivity index (χ2v) is 6.99. The molecule has 1 unspecified atom stereocenters. The predicted molar refractivity (Wildman–Crippen MR) is 88.8 cm³/mol. The monoisotopic (exact) mass is 290 g/mol. The Hall–Kier alpha value is -0.670. The summed E-state index contributed by atoms with van der Waals surface area (Å²) in [5.41, 5.74) is 1.40. The molecule has 0 amide bonds. The van der Waals surface area contributed by atoms with Crippen molar-refractivity contribution < 1.29 is 0 Å². The second-order valence-electron chi connectivity index (χ2n) is 6.11. The molecular weight excluding hydrogens is 264 g/mol. The van der Waals surface area contributed by atoms with E-state index in [9.17, 15) is 0 Å². The summed E-state index contributed by atoms with van der Waals surface area (Å²) >= 11 is 1.83. The van der Waals surface area contributed by atoms with E-state index in [1.807, 2.05) is 11.8 Å². The number of nitrogens with zero attached hydrogens (tertiary/aromatic N) is 1. The number of rotatable bonds is 3. The fourth-order valence-corrected chi connectivity index (χ4v) is 4.13. The van der Waals surface area contributed by atoms with Crippen LogP contribution in [0.3, 0.4) is 0 Å². The average molecular weight is 290 g/mol. The van der Waals surface area contributed by atoms with Gasteiger partial charge in [0.1, 0.15) is 0 Å². The number of thioether (sulfide) groups is 1. The third-order valence-electron chi connectivity index (χ3n) is 4.84. The molecule has 3 heteroatoms. The molecule has 110 valence electrons. The maximum atomic E-state index is 3.77. The van der Waals surface area contributed by atoms with Crippen LogP contribution in [0.15, 0.2) is 29.2 Å². The topological polar surface area (TPSA) is 15.3 Å². The summed E-state index contributed by atoms with van der Waals surface area (Å²) < 4.78 is 0. The van der Waals surface area contributed by atoms with Crippen LogP contribution in [-0.2, 0) is 0 Å². The van der Waals surface area contributed by atoms with Gasteiger partial charge in [-0.1, -0.05) is 25.3 Å². The summed E-state index contributed by atoms with van der Waals surface area (Å²) in [4.78, 5) is 3.95. The molecule has 0 radical (unpaired) electrons. The van der Waals surface area contributed by atoms with Crippen molar-refractivity contribution in [2.75, 3.05) is 30.8 Å². The van der Waals surface area contributed by atoms with E-state index in [4.69, 9.17) is 0 Å². The first-order valence-corrected chi connectivity index (χ1v) is 9.21. The van der Waals surface area contributed by atoms with Crippen molar-refractivity contribution >= 4 is 17.4 Å². The SMILES string of the molecule is CSc1cccc(N2CCNC(C3CCCCC3)C2)c1. The number of piperazine rings is 1. The summed E-state index contributed by atoms with van der Waals surface area (Å²) in [6.45, 7) is 3.45. The van der Waals surface area contributed by atoms with Crippen molar-refractivity contribution in [3.05, 3.63) is 24.3 Å². The second kappa shape index (κ2) is 6.86. The van der Waals surface area contributed by atoms with Gasteiger partial charge in [0.05, 0.1) is 0 Å². The van der Waals surface area contributed by atoms with Crippen LogP contribution in [0.5, 0.6) is 0 Å². The zero-order chi connectivity index (χ0) is 13.8. The Morgan fingerprint density at radius 2 is 2.05 bits per heavy atom. The van der Waals surface area contributed by atoms with E-state index in [-0.39, 0.29) is 0 Å². The van der Waals surface area contributed by atoms with Crippen LogP contribution in [0.4, 0.5) is 5.69 Å². The Balaban J connectivity index is 1.67. The molecule has 1 aliphatic carbocycles. The molecule has 2 nitrogen and oxygen atoms in total. The van der Waals surface area contributed by atoms with E-state index in [0.717, 1.165) is 19.0 Å². The van der Waals surface area contributed by atoms with Gasteiger partial charge in [0.25, 0.3) is 0 Å². The standard InChI is InChI=1S/C17H26N2S/c1-20-16-9-5-8-15(12-16)19-11-10-18-17(13-19)14-6-3-2-4-7-14/h5,8-9,12,14,17-18H,2-4,6-7,10-11,13H2,1H3. The fourth-order valence-electron chi connectivity index (χ4n) is 3.67. The van der Waals surface area contributed by atoms with Crippen LogP contribution < -0.4 is 10.2 Å². The van der Waals surface area contributed by atoms with Gasteiger partial charge in [-0.25, -0.2) is 0 Å². The van der Waals surface area contributed by atoms with Crippen LogP contribution in [0, 0.1) is 5.92 Å². The molecule has 1 heterocycles. The van der Waals surface area contributed by atoms with Crippen LogP contribution in [0.2, 0.25) is 0 Å². The fraction of sp³-hybridized carbons (Fsp3) is 0.647. The molecule has 0 bridgehead atoms. The lowest BCUT2D eigenvalue weighted by molar-refractivity contribution is 0.257. The number of hydrogen-bond acceptors (Lipinski definition) is 3. The molecule has 1 atom stereocenters. The van der Waals surface area contributed by atoms with E-state index in [2.05, 4.69) is 40.7 Å². The molecule has 3 rings (SSSR count). The van der Waals surface area contributed by atoms with Crippen molar-refractivity contribution in [1.82, 2.24) is 5.32 Å². The number of anilines is 1. The molecule has 2 fully saturated rings. The molecule has 1 N–H and O–H groups in total. The lowest BCUT2D eigenvalue weighted by Gasteiger charge is -2.40. The third-order valence-corrected chi connectivity index (χ3v) is 5.57. The highest BCUT2D eigenvalue weighted by atomic mass is 32.2. The molecule has 1 aromatic carbocycles. The molecule has 1 saturated heterocycles. The highest BCUT2D eigenvalue weighted by Gasteiger charge is 2.28. The van der Waals surface area contributed by atoms with Gasteiger partial charge in [0.2, 0.25) is 0 Å². The summed E-state index contributed by atoms with van der Waals surface area (Å²) in [6, 6.07) is 9.70. The quantitative estimate of drug-likeness (QED) is 0.853. The summed E-state index contributed by atoms with van der Waals surface area (Å²) in [7, 11) is 0. The first-order valence-electron chi connectivity index (χ1n) is 7.99. The van der Waals surface area contributed by atoms with Crippen molar-refractivity contribution in [2.24, 2.45) is 5.92 Å². The van der Waals surface area contributed by atoms with Crippen molar-refractivity contribution in [2.45, 2.75) is 43.0 Å². The Bertz CT molecular complexity index is 429. The number of nitrogens with one attached hydrogen (secondary N) is 1. The Labute approximate surface area is 127 Å². The minimum absolute atomic E-state index is 0.696. The van der Waals surface area contributed by atoms with E-state index >= 15 is 0 Å². The van der Waals surface area contributed by atoms with Crippen LogP contribution >= 0.6 is 11.8 Å². The van der Waals surface area contributed by atoms with E-state index in [0.29, 0.717) is 6.04 Å². The Morgan fingerprint density at radius 1 is 1.20 bits per heavy atom. The summed E-state index contributed by atoms with van der Waals surface area (Å²) in [6.07, 6.45) is 9.33. The minimum Gasteiger partial charge on any atom is -0.369 e. The zero-order valence-electron chi connectivity index (χ0n) is 12.5. The first kappa shape index (κ1) is 14.3. The van der Waals surface area contributed by atoms with Crippen LogP contribution in [0.25, 0.3) is 0 Å². The molecule has 20 heavy (non-hydrogen) atoms. The highest BCUT2D eigenvalue weighted by Crippen LogP contribution is 2.29. The number of hydrogen-bond donors (Lipinski definition) is 1. The minimum atomic E-state index is 0.696. The molecular formula is C17H26N2S. The van der Waals surface area contributed by atoms with E-state index in [1.165, 1.54) is 49.2 Å². The molecule has 1 aliphatic heterocycles. The highest BCUT2D eigenvalue weighted by molar-refractivity contribution is 7.98. The molecule has 0 spiro atoms. The van der Waals surface area contributed by atoms with Gasteiger partial charge in [0, 0.05) is 36.3 Å². The van der Waals surface area contributed by atoms with E-state index < -0.39 is 0 Å². The van der Waals surface area contributed by atoms with Gasteiger partial charge in [0.15, 0.2) is 0 Å². The zero-order valence-corrected chi connectivity index (χ0v) is 13.3. The van der Waals surface area contributed by atoms with Gasteiger partial charge < -0.3 is 10.2 Å². The third kappa shape index (κ3) is 3.32. The first-order chi connectivity index (χ1) is 9.86. The normalized spacial score (nSPS) is 24.9. The van der Waals surface area contributed by atoms with Crippen molar-refractivity contribution in [3.8, 4) is 0 Å². The molecule has 0 aromatic heterocycles. The maximum absolute atomic E-state index is 3.77. The van der Waals surface area contributed by atoms with Crippen molar-refractivity contribution in [1.29, 1.82) is 0 Å². The number of benzene rings is 1. The predicted octanol–water partition coefficient (Wildman–Crippen LogP) is 3.77. The maximum Gasteiger partial charge on any atom is 0.0378 e. The summed E-state index contributed by atoms with van der Waals surface area (Å²) in [5.74, 6) is 0.898. The van der Waals surface area contributed by atoms with Gasteiger partial charge in [-0.3, -0.25) is 0 Å². The Morgan fingerprint density at radius 3 is 2.85 bits per heavy atom. The molecule has 2 aliphatic rings. The van der Waals surface area contributed by atoms with Gasteiger partial charge >= 0.3 is 0 Å². The van der Waals surface area contributed by atoms with Crippen molar-refractivity contribution in [3.63, 3.8) is 0 Å². The lowest BCUT2D eigenvalue weighted by atomic mass is 9.83. The van der Waals surface area contributed by atoms with Gasteiger partial charge in [-0.05, 0) is 43.2 Å².